The Hall–Kier alpha value is -0.160. The average molecular weight is 230 g/mol. The van der Waals surface area contributed by atoms with Crippen molar-refractivity contribution in [3.8, 4) is 0 Å². The molecule has 0 aliphatic heterocycles. The summed E-state index contributed by atoms with van der Waals surface area (Å²) in [6.07, 6.45) is 7.98. The fraction of sp³-hybridized carbons (Fsp3) is 1.00. The fourth-order valence-electron chi connectivity index (χ4n) is 2.39. The van der Waals surface area contributed by atoms with E-state index in [9.17, 15) is 0 Å². The van der Waals surface area contributed by atoms with Crippen molar-refractivity contribution in [2.24, 2.45) is 11.8 Å². The first-order chi connectivity index (χ1) is 7.88. The van der Waals surface area contributed by atoms with Crippen LogP contribution in [0.1, 0.15) is 38.5 Å². The van der Waals surface area contributed by atoms with E-state index in [2.05, 4.69) is 5.43 Å². The molecule has 0 heterocycles. The molecule has 4 nitrogen and oxygen atoms in total. The summed E-state index contributed by atoms with van der Waals surface area (Å²) in [5.74, 6) is 6.28. The van der Waals surface area contributed by atoms with Gasteiger partial charge in [-0.2, -0.15) is 0 Å². The summed E-state index contributed by atoms with van der Waals surface area (Å²) in [6, 6.07) is 0.301. The third-order valence-electron chi connectivity index (χ3n) is 3.41. The predicted molar refractivity (Wildman–Crippen MR) is 65.0 cm³/mol. The Morgan fingerprint density at radius 1 is 1.19 bits per heavy atom. The molecule has 0 radical (unpaired) electrons. The summed E-state index contributed by atoms with van der Waals surface area (Å²) < 4.78 is 10.5. The number of hydrogen-bond donors (Lipinski definition) is 2. The van der Waals surface area contributed by atoms with E-state index >= 15 is 0 Å². The van der Waals surface area contributed by atoms with Gasteiger partial charge in [-0.05, 0) is 18.8 Å². The number of methoxy groups -OCH3 is 1. The van der Waals surface area contributed by atoms with Crippen LogP contribution >= 0.6 is 0 Å². The van der Waals surface area contributed by atoms with Gasteiger partial charge in [-0.25, -0.2) is 0 Å². The van der Waals surface area contributed by atoms with Gasteiger partial charge < -0.3 is 9.47 Å². The minimum Gasteiger partial charge on any atom is -0.382 e. The van der Waals surface area contributed by atoms with Crippen LogP contribution in [0.2, 0.25) is 0 Å². The van der Waals surface area contributed by atoms with Crippen molar-refractivity contribution >= 4 is 0 Å². The van der Waals surface area contributed by atoms with Crippen LogP contribution in [-0.4, -0.2) is 33.0 Å². The van der Waals surface area contributed by atoms with Gasteiger partial charge in [-0.15, -0.1) is 0 Å². The highest BCUT2D eigenvalue weighted by atomic mass is 16.5. The van der Waals surface area contributed by atoms with Gasteiger partial charge in [0.05, 0.1) is 19.8 Å². The molecule has 0 aromatic carbocycles. The summed E-state index contributed by atoms with van der Waals surface area (Å²) in [6.45, 7) is 2.01. The second-order valence-corrected chi connectivity index (χ2v) is 4.59. The van der Waals surface area contributed by atoms with Crippen molar-refractivity contribution in [1.29, 1.82) is 0 Å². The third-order valence-corrected chi connectivity index (χ3v) is 3.41. The number of ether oxygens (including phenoxy) is 2. The largest absolute Gasteiger partial charge is 0.382 e. The molecule has 0 bridgehead atoms. The summed E-state index contributed by atoms with van der Waals surface area (Å²) in [7, 11) is 1.69. The molecule has 0 amide bonds. The zero-order valence-corrected chi connectivity index (χ0v) is 10.4. The average Bonchev–Trinajstić information content (AvgIpc) is 2.58. The Kier molecular flexibility index (Phi) is 7.76. The lowest BCUT2D eigenvalue weighted by molar-refractivity contribution is 0.0474. The monoisotopic (exact) mass is 230 g/mol. The number of hydrazine groups is 1. The minimum absolute atomic E-state index is 0.301. The van der Waals surface area contributed by atoms with Crippen LogP contribution in [0.25, 0.3) is 0 Å². The standard InChI is InChI=1S/C12H26N2O2/c1-15-8-9-16-10-12(14-13)11-6-4-2-3-5-7-11/h11-12,14H,2-10,13H2,1H3. The molecule has 1 saturated carbocycles. The molecule has 16 heavy (non-hydrogen) atoms. The topological polar surface area (TPSA) is 56.5 Å². The van der Waals surface area contributed by atoms with Crippen molar-refractivity contribution in [2.75, 3.05) is 26.9 Å². The predicted octanol–water partition coefficient (Wildman–Crippen LogP) is 1.45. The van der Waals surface area contributed by atoms with E-state index in [1.54, 1.807) is 7.11 Å². The van der Waals surface area contributed by atoms with Crippen molar-refractivity contribution in [3.63, 3.8) is 0 Å². The molecule has 1 aliphatic carbocycles. The van der Waals surface area contributed by atoms with Gasteiger partial charge in [0.1, 0.15) is 0 Å². The molecule has 1 fully saturated rings. The third kappa shape index (κ3) is 5.25. The maximum absolute atomic E-state index is 5.61. The molecule has 1 rings (SSSR count). The number of nitrogens with two attached hydrogens (primary N) is 1. The molecule has 96 valence electrons. The van der Waals surface area contributed by atoms with Gasteiger partial charge in [0.2, 0.25) is 0 Å². The lowest BCUT2D eigenvalue weighted by Crippen LogP contribution is -2.44. The van der Waals surface area contributed by atoms with Crippen LogP contribution in [-0.2, 0) is 9.47 Å². The SMILES string of the molecule is COCCOCC(NN)C1CCCCCC1. The highest BCUT2D eigenvalue weighted by molar-refractivity contribution is 4.76. The van der Waals surface area contributed by atoms with E-state index < -0.39 is 0 Å². The second-order valence-electron chi connectivity index (χ2n) is 4.59. The van der Waals surface area contributed by atoms with Crippen LogP contribution in [0.15, 0.2) is 0 Å². The van der Waals surface area contributed by atoms with E-state index in [-0.39, 0.29) is 0 Å². The van der Waals surface area contributed by atoms with Crippen molar-refractivity contribution < 1.29 is 9.47 Å². The summed E-state index contributed by atoms with van der Waals surface area (Å²) >= 11 is 0. The maximum atomic E-state index is 5.61. The van der Waals surface area contributed by atoms with Gasteiger partial charge >= 0.3 is 0 Å². The maximum Gasteiger partial charge on any atom is 0.0701 e. The van der Waals surface area contributed by atoms with E-state index in [0.29, 0.717) is 31.8 Å². The normalized spacial score (nSPS) is 20.6. The summed E-state index contributed by atoms with van der Waals surface area (Å²) in [5, 5.41) is 0. The van der Waals surface area contributed by atoms with Crippen LogP contribution in [0.3, 0.4) is 0 Å². The van der Waals surface area contributed by atoms with Crippen molar-refractivity contribution in [1.82, 2.24) is 5.43 Å². The molecule has 1 unspecified atom stereocenters. The first kappa shape index (κ1) is 13.9. The minimum atomic E-state index is 0.301. The van der Waals surface area contributed by atoms with Gasteiger partial charge in [-0.3, -0.25) is 11.3 Å². The molecule has 1 aliphatic rings. The second kappa shape index (κ2) is 8.93. The van der Waals surface area contributed by atoms with Crippen LogP contribution in [0.5, 0.6) is 0 Å². The van der Waals surface area contributed by atoms with E-state index in [4.69, 9.17) is 15.3 Å². The van der Waals surface area contributed by atoms with E-state index in [1.807, 2.05) is 0 Å². The first-order valence-electron chi connectivity index (χ1n) is 6.41. The Morgan fingerprint density at radius 3 is 2.44 bits per heavy atom. The lowest BCUT2D eigenvalue weighted by atomic mass is 9.93. The van der Waals surface area contributed by atoms with Crippen LogP contribution < -0.4 is 11.3 Å². The summed E-state index contributed by atoms with van der Waals surface area (Å²) in [4.78, 5) is 0. The quantitative estimate of drug-likeness (QED) is 0.301. The molecule has 4 heteroatoms. The molecular formula is C12H26N2O2. The van der Waals surface area contributed by atoms with Gasteiger partial charge in [0.25, 0.3) is 0 Å². The Balaban J connectivity index is 2.22. The Morgan fingerprint density at radius 2 is 1.88 bits per heavy atom. The molecule has 1 atom stereocenters. The van der Waals surface area contributed by atoms with Crippen LogP contribution in [0.4, 0.5) is 0 Å². The molecule has 0 spiro atoms. The zero-order valence-electron chi connectivity index (χ0n) is 10.4. The van der Waals surface area contributed by atoms with Crippen molar-refractivity contribution in [3.05, 3.63) is 0 Å². The van der Waals surface area contributed by atoms with E-state index in [0.717, 1.165) is 0 Å². The van der Waals surface area contributed by atoms with Gasteiger partial charge in [0, 0.05) is 13.2 Å². The first-order valence-corrected chi connectivity index (χ1v) is 6.41. The molecule has 0 aromatic heterocycles. The molecule has 3 N–H and O–H groups in total. The van der Waals surface area contributed by atoms with Gasteiger partial charge in [-0.1, -0.05) is 25.7 Å². The van der Waals surface area contributed by atoms with E-state index in [1.165, 1.54) is 38.5 Å². The number of nitrogens with one attached hydrogen (secondary N) is 1. The fourth-order valence-corrected chi connectivity index (χ4v) is 2.39. The van der Waals surface area contributed by atoms with Gasteiger partial charge in [0.15, 0.2) is 0 Å². The highest BCUT2D eigenvalue weighted by Crippen LogP contribution is 2.25. The zero-order chi connectivity index (χ0) is 11.6. The lowest BCUT2D eigenvalue weighted by Gasteiger charge is -2.25. The van der Waals surface area contributed by atoms with Crippen molar-refractivity contribution in [2.45, 2.75) is 44.6 Å². The molecular weight excluding hydrogens is 204 g/mol. The Labute approximate surface area is 98.8 Å². The molecule has 0 saturated heterocycles. The number of hydrogen-bond acceptors (Lipinski definition) is 4. The summed E-state index contributed by atoms with van der Waals surface area (Å²) in [5.41, 5.74) is 2.91. The smallest absolute Gasteiger partial charge is 0.0701 e. The van der Waals surface area contributed by atoms with Crippen LogP contribution in [0, 0.1) is 5.92 Å². The number of rotatable bonds is 7. The Bertz CT molecular complexity index is 159. The molecule has 0 aromatic rings. The highest BCUT2D eigenvalue weighted by Gasteiger charge is 2.21.